The van der Waals surface area contributed by atoms with Crippen LogP contribution in [0.15, 0.2) is 23.0 Å². The van der Waals surface area contributed by atoms with Crippen LogP contribution in [0.3, 0.4) is 0 Å². The molecule has 1 N–H and O–H groups in total. The van der Waals surface area contributed by atoms with Crippen LogP contribution in [-0.2, 0) is 19.8 Å². The number of aromatic nitrogens is 5. The minimum absolute atomic E-state index is 0.0912. The molecule has 4 aromatic rings. The van der Waals surface area contributed by atoms with Crippen LogP contribution in [0.25, 0.3) is 33.1 Å². The third-order valence-corrected chi connectivity index (χ3v) is 9.04. The highest BCUT2D eigenvalue weighted by molar-refractivity contribution is 7.15. The molecular weight excluding hydrogens is 568 g/mol. The minimum atomic E-state index is -0.519. The van der Waals surface area contributed by atoms with E-state index < -0.39 is 11.2 Å². The van der Waals surface area contributed by atoms with E-state index in [1.165, 1.54) is 0 Å². The summed E-state index contributed by atoms with van der Waals surface area (Å²) in [4.78, 5) is 32.3. The Balaban J connectivity index is 1.21. The van der Waals surface area contributed by atoms with Crippen molar-refractivity contribution in [3.63, 3.8) is 0 Å². The molecule has 218 valence electrons. The molecule has 0 aromatic carbocycles. The van der Waals surface area contributed by atoms with E-state index in [2.05, 4.69) is 15.1 Å². The molecule has 2 aliphatic rings. The Hall–Kier alpha value is -3.06. The summed E-state index contributed by atoms with van der Waals surface area (Å²) in [6.07, 6.45) is 7.57. The summed E-state index contributed by atoms with van der Waals surface area (Å²) >= 11 is 8.26. The Morgan fingerprint density at radius 3 is 2.71 bits per heavy atom. The van der Waals surface area contributed by atoms with Gasteiger partial charge >= 0.3 is 6.09 Å². The molecule has 41 heavy (non-hydrogen) atoms. The number of piperidine rings is 1. The summed E-state index contributed by atoms with van der Waals surface area (Å²) in [5.74, 6) is 1.09. The Bertz CT molecular complexity index is 1550. The third-order valence-electron chi connectivity index (χ3n) is 7.55. The molecule has 0 atom stereocenters. The maximum atomic E-state index is 12.4. The van der Waals surface area contributed by atoms with Crippen molar-refractivity contribution in [3.05, 3.63) is 34.3 Å². The van der Waals surface area contributed by atoms with Gasteiger partial charge in [0.15, 0.2) is 5.82 Å². The Labute approximate surface area is 246 Å². The average molecular weight is 601 g/mol. The molecule has 4 aromatic heterocycles. The maximum absolute atomic E-state index is 12.4. The van der Waals surface area contributed by atoms with Crippen LogP contribution in [0.2, 0.25) is 5.02 Å². The number of ether oxygens (including phenoxy) is 3. The van der Waals surface area contributed by atoms with Crippen LogP contribution < -0.4 is 0 Å². The molecule has 1 saturated carbocycles. The van der Waals surface area contributed by atoms with Crippen molar-refractivity contribution < 1.29 is 23.5 Å². The lowest BCUT2D eigenvalue weighted by molar-refractivity contribution is -0.171. The molecule has 6 rings (SSSR count). The number of halogens is 1. The summed E-state index contributed by atoms with van der Waals surface area (Å²) in [5.41, 5.74) is 1.25. The van der Waals surface area contributed by atoms with Crippen molar-refractivity contribution in [2.45, 2.75) is 70.0 Å². The van der Waals surface area contributed by atoms with E-state index in [0.29, 0.717) is 41.2 Å². The number of H-pyrrole nitrogens is 1. The number of rotatable bonds is 7. The van der Waals surface area contributed by atoms with Crippen molar-refractivity contribution in [1.29, 1.82) is 0 Å². The maximum Gasteiger partial charge on any atom is 0.410 e. The number of amides is 1. The molecule has 1 aliphatic heterocycles. The van der Waals surface area contributed by atoms with Gasteiger partial charge in [-0.2, -0.15) is 4.98 Å². The molecule has 0 bridgehead atoms. The predicted molar refractivity (Wildman–Crippen MR) is 154 cm³/mol. The summed E-state index contributed by atoms with van der Waals surface area (Å²) < 4.78 is 22.4. The smallest absolute Gasteiger partial charge is 0.410 e. The zero-order chi connectivity index (χ0) is 28.8. The number of nitrogens with one attached hydrogen (secondary N) is 1. The van der Waals surface area contributed by atoms with E-state index in [9.17, 15) is 4.79 Å². The van der Waals surface area contributed by atoms with Crippen LogP contribution in [0.4, 0.5) is 4.79 Å². The standard InChI is InChI=1S/C28H33ClN6O5S/c1-27(2,3)39-26(36)35-10-6-16(7-11-35)22-33-24(40-34-22)19-12-17-21(18(29)13-30-23(17)32-19)20-14-31-25(41-20)28(8-5-9-28)38-15-37-4/h12-14,16H,5-11,15H2,1-4H3,(H,30,32). The van der Waals surface area contributed by atoms with Crippen LogP contribution in [0.5, 0.6) is 0 Å². The summed E-state index contributed by atoms with van der Waals surface area (Å²) in [6, 6.07) is 1.94. The lowest BCUT2D eigenvalue weighted by Crippen LogP contribution is -2.41. The van der Waals surface area contributed by atoms with E-state index in [1.807, 2.05) is 33.0 Å². The molecule has 0 spiro atoms. The van der Waals surface area contributed by atoms with Crippen LogP contribution in [0, 0.1) is 0 Å². The van der Waals surface area contributed by atoms with Gasteiger partial charge in [0.2, 0.25) is 0 Å². The first-order chi connectivity index (χ1) is 19.7. The highest BCUT2D eigenvalue weighted by Gasteiger charge is 2.43. The number of aromatic amines is 1. The van der Waals surface area contributed by atoms with Crippen molar-refractivity contribution in [2.75, 3.05) is 27.0 Å². The summed E-state index contributed by atoms with van der Waals surface area (Å²) in [6.45, 7) is 6.99. The highest BCUT2D eigenvalue weighted by Crippen LogP contribution is 2.48. The van der Waals surface area contributed by atoms with Crippen molar-refractivity contribution >= 4 is 40.1 Å². The van der Waals surface area contributed by atoms with E-state index in [-0.39, 0.29) is 18.8 Å². The molecule has 11 nitrogen and oxygen atoms in total. The fourth-order valence-corrected chi connectivity index (χ4v) is 6.76. The van der Waals surface area contributed by atoms with E-state index >= 15 is 0 Å². The molecule has 0 unspecified atom stereocenters. The predicted octanol–water partition coefficient (Wildman–Crippen LogP) is 6.50. The van der Waals surface area contributed by atoms with E-state index in [1.54, 1.807) is 29.5 Å². The molecule has 1 amide bonds. The Kier molecular flexibility index (Phi) is 7.52. The number of pyridine rings is 1. The molecule has 5 heterocycles. The van der Waals surface area contributed by atoms with Gasteiger partial charge < -0.3 is 28.6 Å². The molecule has 2 fully saturated rings. The lowest BCUT2D eigenvalue weighted by atomic mass is 9.80. The SMILES string of the molecule is COCOC1(c2ncc(-c3c(Cl)cnc4[nH]c(-c5nc(C6CCN(C(=O)OC(C)(C)C)CC6)no5)cc34)s2)CCC1. The van der Waals surface area contributed by atoms with Gasteiger partial charge in [-0.1, -0.05) is 16.8 Å². The molecule has 13 heteroatoms. The number of carbonyl (C=O) groups is 1. The van der Waals surface area contributed by atoms with Gasteiger partial charge in [-0.3, -0.25) is 0 Å². The average Bonchev–Trinajstić information content (AvgIpc) is 3.67. The quantitative estimate of drug-likeness (QED) is 0.236. The second kappa shape index (κ2) is 11.0. The topological polar surface area (TPSA) is 128 Å². The second-order valence-corrected chi connectivity index (χ2v) is 13.0. The normalized spacial score (nSPS) is 17.6. The van der Waals surface area contributed by atoms with E-state index in [4.69, 9.17) is 40.3 Å². The zero-order valence-electron chi connectivity index (χ0n) is 23.5. The Morgan fingerprint density at radius 2 is 2.02 bits per heavy atom. The molecule has 1 saturated heterocycles. The van der Waals surface area contributed by atoms with Gasteiger partial charge in [0.25, 0.3) is 5.89 Å². The third kappa shape index (κ3) is 5.57. The number of hydrogen-bond acceptors (Lipinski definition) is 10. The molecule has 1 aliphatic carbocycles. The van der Waals surface area contributed by atoms with Gasteiger partial charge in [-0.05, 0) is 58.9 Å². The molecule has 0 radical (unpaired) electrons. The number of fused-ring (bicyclic) bond motifs is 1. The van der Waals surface area contributed by atoms with Crippen LogP contribution in [-0.4, -0.2) is 68.7 Å². The summed E-state index contributed by atoms with van der Waals surface area (Å²) in [7, 11) is 1.62. The van der Waals surface area contributed by atoms with Crippen molar-refractivity contribution in [2.24, 2.45) is 0 Å². The number of hydrogen-bond donors (Lipinski definition) is 1. The number of carbonyl (C=O) groups excluding carboxylic acids is 1. The number of nitrogens with zero attached hydrogens (tertiary/aromatic N) is 5. The second-order valence-electron chi connectivity index (χ2n) is 11.6. The van der Waals surface area contributed by atoms with Gasteiger partial charge in [0, 0.05) is 49.5 Å². The fourth-order valence-electron chi connectivity index (χ4n) is 5.26. The first-order valence-corrected chi connectivity index (χ1v) is 14.9. The van der Waals surface area contributed by atoms with Gasteiger partial charge in [0.1, 0.15) is 34.3 Å². The lowest BCUT2D eigenvalue weighted by Gasteiger charge is -2.39. The first-order valence-electron chi connectivity index (χ1n) is 13.7. The molecular formula is C28H33ClN6O5S. The van der Waals surface area contributed by atoms with Gasteiger partial charge in [-0.15, -0.1) is 11.3 Å². The summed E-state index contributed by atoms with van der Waals surface area (Å²) in [5, 5.41) is 6.56. The van der Waals surface area contributed by atoms with Crippen molar-refractivity contribution in [3.8, 4) is 22.0 Å². The highest BCUT2D eigenvalue weighted by atomic mass is 35.5. The van der Waals surface area contributed by atoms with Crippen LogP contribution in [0.1, 0.15) is 69.6 Å². The van der Waals surface area contributed by atoms with Gasteiger partial charge in [0.05, 0.1) is 9.90 Å². The van der Waals surface area contributed by atoms with E-state index in [0.717, 1.165) is 52.9 Å². The fraction of sp³-hybridized carbons (Fsp3) is 0.536. The Morgan fingerprint density at radius 1 is 1.24 bits per heavy atom. The van der Waals surface area contributed by atoms with Crippen LogP contribution >= 0.6 is 22.9 Å². The van der Waals surface area contributed by atoms with Gasteiger partial charge in [-0.25, -0.2) is 14.8 Å². The largest absolute Gasteiger partial charge is 0.444 e. The minimum Gasteiger partial charge on any atom is -0.444 e. The number of thiazole rings is 1. The first kappa shape index (κ1) is 28.1. The monoisotopic (exact) mass is 600 g/mol. The number of methoxy groups -OCH3 is 1. The zero-order valence-corrected chi connectivity index (χ0v) is 25.1. The van der Waals surface area contributed by atoms with Crippen molar-refractivity contribution in [1.82, 2.24) is 30.0 Å². The number of likely N-dealkylation sites (tertiary alicyclic amines) is 1.